The second kappa shape index (κ2) is 6.51. The van der Waals surface area contributed by atoms with Crippen molar-refractivity contribution in [3.8, 4) is 0 Å². The molecule has 1 atom stereocenters. The lowest BCUT2D eigenvalue weighted by Crippen LogP contribution is -2.42. The highest BCUT2D eigenvalue weighted by atomic mass is 19.1. The zero-order valence-corrected chi connectivity index (χ0v) is 13.7. The molecule has 8 nitrogen and oxygen atoms in total. The Labute approximate surface area is 147 Å². The van der Waals surface area contributed by atoms with Crippen LogP contribution in [0, 0.1) is 26.0 Å². The highest BCUT2D eigenvalue weighted by Crippen LogP contribution is 2.34. The zero-order chi connectivity index (χ0) is 19.0. The molecule has 1 aliphatic rings. The number of non-ortho nitro benzene ring substituents is 1. The van der Waals surface area contributed by atoms with E-state index in [2.05, 4.69) is 0 Å². The summed E-state index contributed by atoms with van der Waals surface area (Å²) in [5.74, 6) is -1.07. The first kappa shape index (κ1) is 17.5. The van der Waals surface area contributed by atoms with E-state index in [1.54, 1.807) is 6.92 Å². The largest absolute Gasteiger partial charge is 0.305 e. The first-order valence-corrected chi connectivity index (χ1v) is 7.84. The normalized spacial score (nSPS) is 16.1. The van der Waals surface area contributed by atoms with Crippen LogP contribution in [-0.4, -0.2) is 21.8 Å². The van der Waals surface area contributed by atoms with Crippen LogP contribution >= 0.6 is 0 Å². The van der Waals surface area contributed by atoms with Crippen LogP contribution in [0.15, 0.2) is 36.4 Å². The number of nitro benzene ring substituents is 2. The van der Waals surface area contributed by atoms with Crippen molar-refractivity contribution in [2.45, 2.75) is 25.8 Å². The van der Waals surface area contributed by atoms with Gasteiger partial charge in [0, 0.05) is 17.8 Å². The number of aryl methyl sites for hydroxylation is 1. The second-order valence-corrected chi connectivity index (χ2v) is 6.05. The van der Waals surface area contributed by atoms with Gasteiger partial charge in [-0.05, 0) is 49.6 Å². The molecule has 0 radical (unpaired) electrons. The van der Waals surface area contributed by atoms with Gasteiger partial charge in [-0.25, -0.2) is 4.39 Å². The van der Waals surface area contributed by atoms with E-state index in [0.717, 1.165) is 18.2 Å². The lowest BCUT2D eigenvalue weighted by atomic mass is 9.95. The minimum atomic E-state index is -0.819. The number of halogens is 1. The quantitative estimate of drug-likeness (QED) is 0.614. The summed E-state index contributed by atoms with van der Waals surface area (Å²) < 4.78 is 13.5. The Kier molecular flexibility index (Phi) is 4.37. The van der Waals surface area contributed by atoms with E-state index in [4.69, 9.17) is 0 Å². The summed E-state index contributed by atoms with van der Waals surface area (Å²) in [7, 11) is 0. The molecule has 134 valence electrons. The molecule has 0 N–H and O–H groups in total. The van der Waals surface area contributed by atoms with E-state index in [9.17, 15) is 29.4 Å². The molecular formula is C17H14FN3O5. The predicted molar refractivity (Wildman–Crippen MR) is 90.7 cm³/mol. The molecular weight excluding hydrogens is 345 g/mol. The van der Waals surface area contributed by atoms with Gasteiger partial charge in [-0.2, -0.15) is 0 Å². The minimum absolute atomic E-state index is 0.246. The average molecular weight is 359 g/mol. The minimum Gasteiger partial charge on any atom is -0.305 e. The van der Waals surface area contributed by atoms with Gasteiger partial charge >= 0.3 is 0 Å². The van der Waals surface area contributed by atoms with E-state index in [-0.39, 0.29) is 11.6 Å². The van der Waals surface area contributed by atoms with Gasteiger partial charge in [0.1, 0.15) is 11.4 Å². The van der Waals surface area contributed by atoms with Crippen LogP contribution in [0.3, 0.4) is 0 Å². The lowest BCUT2D eigenvalue weighted by Gasteiger charge is -2.35. The molecule has 0 bridgehead atoms. The van der Waals surface area contributed by atoms with Crippen molar-refractivity contribution in [2.75, 3.05) is 4.90 Å². The van der Waals surface area contributed by atoms with E-state index >= 15 is 0 Å². The molecule has 0 aliphatic carbocycles. The number of amides is 1. The molecule has 1 unspecified atom stereocenters. The third-order valence-electron chi connectivity index (χ3n) is 4.41. The van der Waals surface area contributed by atoms with Crippen LogP contribution < -0.4 is 4.90 Å². The number of nitrogens with zero attached hydrogens (tertiary/aromatic N) is 3. The molecule has 2 aromatic carbocycles. The third-order valence-corrected chi connectivity index (χ3v) is 4.41. The number of rotatable bonds is 3. The van der Waals surface area contributed by atoms with Crippen LogP contribution in [0.25, 0.3) is 0 Å². The van der Waals surface area contributed by atoms with E-state index in [0.29, 0.717) is 24.1 Å². The fourth-order valence-corrected chi connectivity index (χ4v) is 3.13. The Morgan fingerprint density at radius 1 is 1.15 bits per heavy atom. The summed E-state index contributed by atoms with van der Waals surface area (Å²) in [6.45, 7) is 1.79. The van der Waals surface area contributed by atoms with Gasteiger partial charge in [-0.1, -0.05) is 0 Å². The average Bonchev–Trinajstić information content (AvgIpc) is 2.60. The molecule has 3 rings (SSSR count). The Morgan fingerprint density at radius 2 is 1.88 bits per heavy atom. The third kappa shape index (κ3) is 2.99. The molecule has 9 heteroatoms. The van der Waals surface area contributed by atoms with Crippen LogP contribution in [0.1, 0.15) is 29.3 Å². The smallest absolute Gasteiger partial charge is 0.289 e. The van der Waals surface area contributed by atoms with Crippen molar-refractivity contribution in [3.63, 3.8) is 0 Å². The van der Waals surface area contributed by atoms with Crippen molar-refractivity contribution >= 4 is 23.0 Å². The number of fused-ring (bicyclic) bond motifs is 1. The maximum atomic E-state index is 13.5. The van der Waals surface area contributed by atoms with Gasteiger partial charge in [-0.15, -0.1) is 0 Å². The first-order chi connectivity index (χ1) is 12.3. The van der Waals surface area contributed by atoms with Gasteiger partial charge in [0.25, 0.3) is 17.3 Å². The van der Waals surface area contributed by atoms with Gasteiger partial charge in [0.15, 0.2) is 0 Å². The molecule has 0 fully saturated rings. The van der Waals surface area contributed by atoms with Gasteiger partial charge in [-0.3, -0.25) is 25.0 Å². The van der Waals surface area contributed by atoms with Crippen LogP contribution in [0.4, 0.5) is 21.5 Å². The van der Waals surface area contributed by atoms with Crippen molar-refractivity contribution in [3.05, 3.63) is 73.6 Å². The Hall–Kier alpha value is -3.36. The summed E-state index contributed by atoms with van der Waals surface area (Å²) in [6.07, 6.45) is 1.16. The molecule has 0 aromatic heterocycles. The molecule has 0 saturated carbocycles. The van der Waals surface area contributed by atoms with Crippen LogP contribution in [-0.2, 0) is 6.42 Å². The zero-order valence-electron chi connectivity index (χ0n) is 13.7. The molecule has 0 saturated heterocycles. The second-order valence-electron chi connectivity index (χ2n) is 6.05. The molecule has 2 aromatic rings. The van der Waals surface area contributed by atoms with E-state index in [1.807, 2.05) is 0 Å². The monoisotopic (exact) mass is 359 g/mol. The Morgan fingerprint density at radius 3 is 2.54 bits per heavy atom. The van der Waals surface area contributed by atoms with Crippen molar-refractivity contribution in [1.29, 1.82) is 0 Å². The van der Waals surface area contributed by atoms with Crippen LogP contribution in [0.2, 0.25) is 0 Å². The van der Waals surface area contributed by atoms with Crippen LogP contribution in [0.5, 0.6) is 0 Å². The number of carbonyl (C=O) groups is 1. The Bertz CT molecular complexity index is 931. The van der Waals surface area contributed by atoms with Crippen molar-refractivity contribution in [1.82, 2.24) is 0 Å². The summed E-state index contributed by atoms with van der Waals surface area (Å²) in [5, 5.41) is 22.2. The fourth-order valence-electron chi connectivity index (χ4n) is 3.13. The van der Waals surface area contributed by atoms with Gasteiger partial charge in [0.2, 0.25) is 0 Å². The lowest BCUT2D eigenvalue weighted by molar-refractivity contribution is -0.394. The predicted octanol–water partition coefficient (Wildman–Crippen LogP) is 3.62. The summed E-state index contributed by atoms with van der Waals surface area (Å²) in [6, 6.07) is 6.69. The molecule has 1 amide bonds. The first-order valence-electron chi connectivity index (χ1n) is 7.84. The van der Waals surface area contributed by atoms with Gasteiger partial charge < -0.3 is 4.90 Å². The SMILES string of the molecule is CC1CCc2cc(F)ccc2N1C(=O)c1ccc([N+](=O)[O-])cc1[N+](=O)[O-]. The standard InChI is InChI=1S/C17H14FN3O5/c1-10-2-3-11-8-12(18)4-7-15(11)19(10)17(22)14-6-5-13(20(23)24)9-16(14)21(25)26/h4-10H,2-3H2,1H3. The highest BCUT2D eigenvalue weighted by Gasteiger charge is 2.33. The van der Waals surface area contributed by atoms with Crippen molar-refractivity contribution in [2.24, 2.45) is 0 Å². The topological polar surface area (TPSA) is 107 Å². The number of hydrogen-bond acceptors (Lipinski definition) is 5. The maximum absolute atomic E-state index is 13.5. The van der Waals surface area contributed by atoms with Gasteiger partial charge in [0.05, 0.1) is 15.9 Å². The highest BCUT2D eigenvalue weighted by molar-refractivity contribution is 6.09. The molecule has 1 aliphatic heterocycles. The maximum Gasteiger partial charge on any atom is 0.289 e. The van der Waals surface area contributed by atoms with E-state index in [1.165, 1.54) is 23.1 Å². The summed E-state index contributed by atoms with van der Waals surface area (Å²) in [4.78, 5) is 35.0. The molecule has 26 heavy (non-hydrogen) atoms. The number of nitro groups is 2. The molecule has 0 spiro atoms. The number of hydrogen-bond donors (Lipinski definition) is 0. The number of carbonyl (C=O) groups excluding carboxylic acids is 1. The fraction of sp³-hybridized carbons (Fsp3) is 0.235. The summed E-state index contributed by atoms with van der Waals surface area (Å²) in [5.41, 5.74) is -0.221. The van der Waals surface area contributed by atoms with Crippen molar-refractivity contribution < 1.29 is 19.0 Å². The van der Waals surface area contributed by atoms with E-state index < -0.39 is 32.9 Å². The molecule has 1 heterocycles. The Balaban J connectivity index is 2.10. The summed E-state index contributed by atoms with van der Waals surface area (Å²) >= 11 is 0. The number of benzene rings is 2. The number of anilines is 1.